The Balaban J connectivity index is 0.00000128. The Kier molecular flexibility index (Phi) is 6.97. The van der Waals surface area contributed by atoms with Crippen molar-refractivity contribution in [1.82, 2.24) is 9.78 Å². The minimum atomic E-state index is -0.875. The number of aromatic nitrogens is 2. The topological polar surface area (TPSA) is 17.8 Å². The van der Waals surface area contributed by atoms with Crippen LogP contribution in [0, 0.1) is 5.92 Å². The molecule has 0 aliphatic heterocycles. The molecule has 0 saturated carbocycles. The summed E-state index contributed by atoms with van der Waals surface area (Å²) in [6.07, 6.45) is 4.57. The molecule has 2 aliphatic carbocycles. The molecule has 0 spiro atoms. The van der Waals surface area contributed by atoms with Crippen molar-refractivity contribution in [3.05, 3.63) is 85.9 Å². The second-order valence-electron chi connectivity index (χ2n) is 7.98. The molecule has 0 fully saturated rings. The van der Waals surface area contributed by atoms with Gasteiger partial charge in [0.15, 0.2) is 0 Å². The van der Waals surface area contributed by atoms with E-state index in [-0.39, 0.29) is 24.8 Å². The van der Waals surface area contributed by atoms with Crippen LogP contribution in [-0.4, -0.2) is 9.78 Å². The molecular weight excluding hydrogens is 490 g/mol. The molecular formula is C25H24Cl2N2Zr. The largest absolute Gasteiger partial charge is 1.00 e. The zero-order valence-electron chi connectivity index (χ0n) is 17.6. The van der Waals surface area contributed by atoms with Gasteiger partial charge in [-0.05, 0) is 0 Å². The van der Waals surface area contributed by atoms with Gasteiger partial charge in [-0.25, -0.2) is 0 Å². The fourth-order valence-corrected chi connectivity index (χ4v) is 9.33. The Bertz CT molecular complexity index is 1170. The fourth-order valence-electron chi connectivity index (χ4n) is 4.51. The van der Waals surface area contributed by atoms with Gasteiger partial charge in [0.1, 0.15) is 0 Å². The molecule has 2 aromatic carbocycles. The zero-order chi connectivity index (χ0) is 19.4. The molecule has 1 aromatic heterocycles. The Morgan fingerprint density at radius 1 is 0.900 bits per heavy atom. The van der Waals surface area contributed by atoms with E-state index in [1.165, 1.54) is 27.8 Å². The van der Waals surface area contributed by atoms with Gasteiger partial charge in [-0.3, -0.25) is 0 Å². The van der Waals surface area contributed by atoms with Crippen LogP contribution in [0.25, 0.3) is 22.7 Å². The van der Waals surface area contributed by atoms with E-state index < -0.39 is 23.2 Å². The van der Waals surface area contributed by atoms with Gasteiger partial charge in [0.05, 0.1) is 0 Å². The molecule has 3 aromatic rings. The number of fused-ring (bicyclic) bond motifs is 2. The number of benzene rings is 2. The summed E-state index contributed by atoms with van der Waals surface area (Å²) < 4.78 is 4.42. The van der Waals surface area contributed by atoms with Crippen LogP contribution in [0.3, 0.4) is 0 Å². The molecule has 0 saturated heterocycles. The van der Waals surface area contributed by atoms with Crippen LogP contribution >= 0.6 is 0 Å². The average molecular weight is 515 g/mol. The molecule has 152 valence electrons. The zero-order valence-corrected chi connectivity index (χ0v) is 21.5. The van der Waals surface area contributed by atoms with E-state index in [4.69, 9.17) is 5.10 Å². The van der Waals surface area contributed by atoms with Crippen molar-refractivity contribution in [3.8, 4) is 0 Å². The standard InChI is InChI=1S/C16H11N2.C9H13.2ClH.Zr/c1-2-6-13-10-15(9-12(13)5-1)18-11-14-7-3-4-8-16(14)17-18;1-6-5-7(2)9(4)8(6)3;;;/h1-11H;6H,1-4H3;2*1H;/q;;;;+2/p-2. The summed E-state index contributed by atoms with van der Waals surface area (Å²) in [5.41, 5.74) is 9.94. The van der Waals surface area contributed by atoms with E-state index >= 15 is 0 Å². The first kappa shape index (κ1) is 23.3. The van der Waals surface area contributed by atoms with Crippen LogP contribution in [0.5, 0.6) is 0 Å². The molecule has 2 unspecified atom stereocenters. The normalized spacial score (nSPS) is 19.9. The maximum atomic E-state index is 4.92. The van der Waals surface area contributed by atoms with Gasteiger partial charge in [-0.1, -0.05) is 0 Å². The summed E-state index contributed by atoms with van der Waals surface area (Å²) in [4.78, 5) is 0. The summed E-state index contributed by atoms with van der Waals surface area (Å²) in [7, 11) is 0. The Labute approximate surface area is 202 Å². The second kappa shape index (κ2) is 8.99. The fraction of sp³-hybridized carbons (Fsp3) is 0.240. The molecule has 5 rings (SSSR count). The van der Waals surface area contributed by atoms with E-state index in [0.29, 0.717) is 9.54 Å². The third-order valence-corrected chi connectivity index (χ3v) is 11.5. The third kappa shape index (κ3) is 3.70. The first-order chi connectivity index (χ1) is 13.5. The predicted octanol–water partition coefficient (Wildman–Crippen LogP) is 0.440. The minimum absolute atomic E-state index is 0. The van der Waals surface area contributed by atoms with Gasteiger partial charge in [-0.15, -0.1) is 0 Å². The van der Waals surface area contributed by atoms with Crippen molar-refractivity contribution in [1.29, 1.82) is 0 Å². The summed E-state index contributed by atoms with van der Waals surface area (Å²) in [6, 6.07) is 17.3. The predicted molar refractivity (Wildman–Crippen MR) is 113 cm³/mol. The first-order valence-electron chi connectivity index (χ1n) is 9.95. The van der Waals surface area contributed by atoms with Crippen LogP contribution < -0.4 is 24.8 Å². The summed E-state index contributed by atoms with van der Waals surface area (Å²) in [6.45, 7) is 9.35. The van der Waals surface area contributed by atoms with Gasteiger partial charge >= 0.3 is 179 Å². The smallest absolute Gasteiger partial charge is 1.00 e. The van der Waals surface area contributed by atoms with E-state index in [9.17, 15) is 0 Å². The summed E-state index contributed by atoms with van der Waals surface area (Å²) >= 11 is -0.875. The van der Waals surface area contributed by atoms with Gasteiger partial charge < -0.3 is 24.8 Å². The van der Waals surface area contributed by atoms with Gasteiger partial charge in [-0.2, -0.15) is 0 Å². The van der Waals surface area contributed by atoms with Crippen molar-refractivity contribution in [2.45, 2.75) is 31.3 Å². The summed E-state index contributed by atoms with van der Waals surface area (Å²) in [5, 5.41) is 6.13. The second-order valence-corrected chi connectivity index (χ2v) is 11.4. The van der Waals surface area contributed by atoms with Crippen molar-refractivity contribution in [3.63, 3.8) is 0 Å². The maximum absolute atomic E-state index is 4.92. The molecule has 0 N–H and O–H groups in total. The van der Waals surface area contributed by atoms with Crippen LogP contribution in [0.4, 0.5) is 0 Å². The SMILES string of the molecule is CC1=C(C)C(C)[C]([Zr+2][CH]2C(n3cc4ccccc4n3)=Cc3ccccc32)=C1C.[Cl-].[Cl-]. The van der Waals surface area contributed by atoms with Crippen molar-refractivity contribution >= 4 is 22.7 Å². The molecule has 30 heavy (non-hydrogen) atoms. The quantitative estimate of drug-likeness (QED) is 0.496. The van der Waals surface area contributed by atoms with E-state index in [0.717, 1.165) is 5.52 Å². The molecule has 0 amide bonds. The number of halogens is 2. The average Bonchev–Trinajstić information content (AvgIpc) is 3.35. The van der Waals surface area contributed by atoms with Crippen LogP contribution in [-0.2, 0) is 23.2 Å². The molecule has 2 atom stereocenters. The van der Waals surface area contributed by atoms with Gasteiger partial charge in [0.25, 0.3) is 0 Å². The molecule has 2 nitrogen and oxygen atoms in total. The van der Waals surface area contributed by atoms with E-state index in [1.54, 1.807) is 14.4 Å². The number of allylic oxidation sites excluding steroid dienone is 5. The van der Waals surface area contributed by atoms with Crippen molar-refractivity contribution in [2.24, 2.45) is 5.92 Å². The Hall–Kier alpha value is -1.41. The molecule has 0 bridgehead atoms. The molecule has 2 aliphatic rings. The van der Waals surface area contributed by atoms with Gasteiger partial charge in [0, 0.05) is 0 Å². The van der Waals surface area contributed by atoms with E-state index in [1.807, 2.05) is 0 Å². The number of hydrogen-bond acceptors (Lipinski definition) is 1. The van der Waals surface area contributed by atoms with E-state index in [2.05, 4.69) is 93.2 Å². The maximum Gasteiger partial charge on any atom is -1.00 e. The number of hydrogen-bond donors (Lipinski definition) is 0. The van der Waals surface area contributed by atoms with Crippen LogP contribution in [0.1, 0.15) is 42.4 Å². The molecule has 1 heterocycles. The Morgan fingerprint density at radius 3 is 2.30 bits per heavy atom. The molecule has 0 radical (unpaired) electrons. The number of rotatable bonds is 3. The van der Waals surface area contributed by atoms with Crippen LogP contribution in [0.15, 0.2) is 74.7 Å². The Morgan fingerprint density at radius 2 is 1.60 bits per heavy atom. The van der Waals surface area contributed by atoms with Crippen molar-refractivity contribution in [2.75, 3.05) is 0 Å². The number of nitrogens with zero attached hydrogens (tertiary/aromatic N) is 2. The summed E-state index contributed by atoms with van der Waals surface area (Å²) in [5.74, 6) is 0.609. The van der Waals surface area contributed by atoms with Gasteiger partial charge in [0.2, 0.25) is 0 Å². The third-order valence-electron chi connectivity index (χ3n) is 6.52. The van der Waals surface area contributed by atoms with Crippen LogP contribution in [0.2, 0.25) is 0 Å². The first-order valence-corrected chi connectivity index (χ1v) is 12.6. The monoisotopic (exact) mass is 512 g/mol. The minimum Gasteiger partial charge on any atom is -1.00 e. The molecule has 5 heteroatoms. The van der Waals surface area contributed by atoms with Crippen molar-refractivity contribution < 1.29 is 48.0 Å².